The summed E-state index contributed by atoms with van der Waals surface area (Å²) in [6.07, 6.45) is 0. The second-order valence-electron chi connectivity index (χ2n) is 5.15. The van der Waals surface area contributed by atoms with Gasteiger partial charge in [0.1, 0.15) is 5.75 Å². The van der Waals surface area contributed by atoms with Gasteiger partial charge in [-0.25, -0.2) is 4.79 Å². The summed E-state index contributed by atoms with van der Waals surface area (Å²) in [4.78, 5) is 23.1. The number of hydrogen-bond donors (Lipinski definition) is 2. The number of nitrogens with one attached hydrogen (secondary N) is 1. The highest BCUT2D eigenvalue weighted by molar-refractivity contribution is 6.38. The molecule has 126 valence electrons. The quantitative estimate of drug-likeness (QED) is 0.824. The van der Waals surface area contributed by atoms with E-state index in [1.807, 2.05) is 26.0 Å². The maximum absolute atomic E-state index is 12.0. The van der Waals surface area contributed by atoms with Crippen LogP contribution in [0, 0.1) is 13.8 Å². The molecule has 0 atom stereocenters. The Hall–Kier alpha value is -2.24. The number of halogens is 2. The van der Waals surface area contributed by atoms with E-state index >= 15 is 0 Å². The summed E-state index contributed by atoms with van der Waals surface area (Å²) in [5, 5.41) is 11.7. The van der Waals surface area contributed by atoms with Crippen molar-refractivity contribution in [3.8, 4) is 5.75 Å². The van der Waals surface area contributed by atoms with Gasteiger partial charge in [0, 0.05) is 0 Å². The number of benzene rings is 2. The molecule has 0 radical (unpaired) electrons. The van der Waals surface area contributed by atoms with Crippen LogP contribution in [0.3, 0.4) is 0 Å². The standard InChI is InChI=1S/C17H15Cl2NO4/c1-9-4-3-5-15(10(9)2)24-8-16(21)20-14-6-11(17(22)23)12(18)7-13(14)19/h3-7H,8H2,1-2H3,(H,20,21)(H,22,23). The molecule has 1 amide bonds. The minimum absolute atomic E-state index is 0.00265. The fourth-order valence-corrected chi connectivity index (χ4v) is 2.53. The van der Waals surface area contributed by atoms with Crippen molar-refractivity contribution in [2.75, 3.05) is 11.9 Å². The largest absolute Gasteiger partial charge is 0.483 e. The summed E-state index contributed by atoms with van der Waals surface area (Å²) in [5.41, 5.74) is 2.02. The number of rotatable bonds is 5. The normalized spacial score (nSPS) is 10.3. The molecule has 0 aromatic heterocycles. The van der Waals surface area contributed by atoms with E-state index in [4.69, 9.17) is 33.0 Å². The molecule has 0 saturated heterocycles. The van der Waals surface area contributed by atoms with E-state index in [0.29, 0.717) is 5.75 Å². The van der Waals surface area contributed by atoms with E-state index in [0.717, 1.165) is 11.1 Å². The molecule has 0 aliphatic heterocycles. The van der Waals surface area contributed by atoms with Crippen LogP contribution in [0.1, 0.15) is 21.5 Å². The second kappa shape index (κ2) is 7.55. The number of carbonyl (C=O) groups is 2. The number of carbonyl (C=O) groups excluding carboxylic acids is 1. The lowest BCUT2D eigenvalue weighted by atomic mass is 10.1. The van der Waals surface area contributed by atoms with E-state index in [1.54, 1.807) is 6.07 Å². The molecule has 0 unspecified atom stereocenters. The van der Waals surface area contributed by atoms with Crippen LogP contribution >= 0.6 is 23.2 Å². The Bertz CT molecular complexity index is 805. The molecule has 24 heavy (non-hydrogen) atoms. The number of aromatic carboxylic acids is 1. The predicted octanol–water partition coefficient (Wildman–Crippen LogP) is 4.33. The van der Waals surface area contributed by atoms with Crippen LogP contribution in [0.15, 0.2) is 30.3 Å². The number of aryl methyl sites for hydroxylation is 1. The van der Waals surface area contributed by atoms with Gasteiger partial charge < -0.3 is 15.2 Å². The number of ether oxygens (including phenoxy) is 1. The summed E-state index contributed by atoms with van der Waals surface area (Å²) >= 11 is 11.8. The summed E-state index contributed by atoms with van der Waals surface area (Å²) in [6.45, 7) is 3.62. The molecule has 2 aromatic carbocycles. The number of hydrogen-bond acceptors (Lipinski definition) is 3. The maximum atomic E-state index is 12.0. The van der Waals surface area contributed by atoms with Crippen LogP contribution in [0.25, 0.3) is 0 Å². The molecule has 0 saturated carbocycles. The van der Waals surface area contributed by atoms with Gasteiger partial charge in [-0.05, 0) is 43.2 Å². The molecular weight excluding hydrogens is 353 g/mol. The molecule has 5 nitrogen and oxygen atoms in total. The van der Waals surface area contributed by atoms with Gasteiger partial charge in [0.05, 0.1) is 21.3 Å². The highest BCUT2D eigenvalue weighted by atomic mass is 35.5. The zero-order chi connectivity index (χ0) is 17.9. The Morgan fingerprint density at radius 2 is 1.88 bits per heavy atom. The summed E-state index contributed by atoms with van der Waals surface area (Å²) < 4.78 is 5.50. The van der Waals surface area contributed by atoms with Crippen molar-refractivity contribution in [2.24, 2.45) is 0 Å². The van der Waals surface area contributed by atoms with E-state index in [9.17, 15) is 9.59 Å². The first-order valence-electron chi connectivity index (χ1n) is 7.00. The number of carboxylic acid groups (broad SMARTS) is 1. The molecule has 0 fully saturated rings. The average molecular weight is 368 g/mol. The fourth-order valence-electron chi connectivity index (χ4n) is 2.02. The Morgan fingerprint density at radius 3 is 2.54 bits per heavy atom. The topological polar surface area (TPSA) is 75.6 Å². The van der Waals surface area contributed by atoms with Gasteiger partial charge in [0.25, 0.3) is 5.91 Å². The fraction of sp³-hybridized carbons (Fsp3) is 0.176. The summed E-state index contributed by atoms with van der Waals surface area (Å²) in [6, 6.07) is 8.04. The minimum Gasteiger partial charge on any atom is -0.483 e. The highest BCUT2D eigenvalue weighted by Crippen LogP contribution is 2.29. The average Bonchev–Trinajstić information content (AvgIpc) is 2.51. The zero-order valence-corrected chi connectivity index (χ0v) is 14.5. The Morgan fingerprint density at radius 1 is 1.17 bits per heavy atom. The first-order valence-corrected chi connectivity index (χ1v) is 7.76. The van der Waals surface area contributed by atoms with E-state index in [-0.39, 0.29) is 27.9 Å². The van der Waals surface area contributed by atoms with Crippen molar-refractivity contribution in [1.29, 1.82) is 0 Å². The Labute approximate surface area is 149 Å². The van der Waals surface area contributed by atoms with Gasteiger partial charge in [0.2, 0.25) is 0 Å². The van der Waals surface area contributed by atoms with Crippen molar-refractivity contribution in [3.05, 3.63) is 57.1 Å². The SMILES string of the molecule is Cc1cccc(OCC(=O)Nc2cc(C(=O)O)c(Cl)cc2Cl)c1C. The lowest BCUT2D eigenvalue weighted by Crippen LogP contribution is -2.21. The lowest BCUT2D eigenvalue weighted by molar-refractivity contribution is -0.118. The molecule has 2 aromatic rings. The van der Waals surface area contributed by atoms with Crippen molar-refractivity contribution in [1.82, 2.24) is 0 Å². The summed E-state index contributed by atoms with van der Waals surface area (Å²) in [7, 11) is 0. The van der Waals surface area contributed by atoms with Crippen molar-refractivity contribution in [2.45, 2.75) is 13.8 Å². The lowest BCUT2D eigenvalue weighted by Gasteiger charge is -2.12. The molecule has 0 spiro atoms. The van der Waals surface area contributed by atoms with E-state index in [2.05, 4.69) is 5.32 Å². The second-order valence-corrected chi connectivity index (χ2v) is 5.97. The van der Waals surface area contributed by atoms with Crippen LogP contribution < -0.4 is 10.1 Å². The van der Waals surface area contributed by atoms with Crippen LogP contribution in [0.2, 0.25) is 10.0 Å². The molecule has 0 heterocycles. The molecule has 0 aliphatic rings. The molecule has 7 heteroatoms. The maximum Gasteiger partial charge on any atom is 0.337 e. The molecule has 2 N–H and O–H groups in total. The number of amides is 1. The summed E-state index contributed by atoms with van der Waals surface area (Å²) in [5.74, 6) is -1.06. The van der Waals surface area contributed by atoms with Gasteiger partial charge in [-0.2, -0.15) is 0 Å². The zero-order valence-electron chi connectivity index (χ0n) is 13.0. The Kier molecular flexibility index (Phi) is 5.70. The monoisotopic (exact) mass is 367 g/mol. The highest BCUT2D eigenvalue weighted by Gasteiger charge is 2.15. The predicted molar refractivity (Wildman–Crippen MR) is 93.5 cm³/mol. The molecule has 0 aliphatic carbocycles. The first kappa shape index (κ1) is 18.1. The molecule has 2 rings (SSSR count). The van der Waals surface area contributed by atoms with E-state index < -0.39 is 11.9 Å². The van der Waals surface area contributed by atoms with Crippen LogP contribution in [0.4, 0.5) is 5.69 Å². The third kappa shape index (κ3) is 4.19. The third-order valence-corrected chi connectivity index (χ3v) is 4.10. The van der Waals surface area contributed by atoms with Gasteiger partial charge >= 0.3 is 5.97 Å². The molecular formula is C17H15Cl2NO4. The Balaban J connectivity index is 2.09. The number of anilines is 1. The van der Waals surface area contributed by atoms with Crippen molar-refractivity contribution in [3.63, 3.8) is 0 Å². The van der Waals surface area contributed by atoms with Crippen LogP contribution in [0.5, 0.6) is 5.75 Å². The third-order valence-electron chi connectivity index (χ3n) is 3.47. The van der Waals surface area contributed by atoms with E-state index in [1.165, 1.54) is 12.1 Å². The van der Waals surface area contributed by atoms with Crippen molar-refractivity contribution >= 4 is 40.8 Å². The smallest absolute Gasteiger partial charge is 0.337 e. The van der Waals surface area contributed by atoms with Crippen LogP contribution in [-0.4, -0.2) is 23.6 Å². The molecule has 0 bridgehead atoms. The van der Waals surface area contributed by atoms with Gasteiger partial charge in [-0.3, -0.25) is 4.79 Å². The first-order chi connectivity index (χ1) is 11.3. The minimum atomic E-state index is -1.21. The van der Waals surface area contributed by atoms with Crippen molar-refractivity contribution < 1.29 is 19.4 Å². The van der Waals surface area contributed by atoms with Crippen LogP contribution in [-0.2, 0) is 4.79 Å². The van der Waals surface area contributed by atoms with Gasteiger partial charge in [0.15, 0.2) is 6.61 Å². The van der Waals surface area contributed by atoms with Gasteiger partial charge in [-0.1, -0.05) is 35.3 Å². The van der Waals surface area contributed by atoms with Gasteiger partial charge in [-0.15, -0.1) is 0 Å². The number of carboxylic acids is 1.